The second-order valence-electron chi connectivity index (χ2n) is 3.36. The summed E-state index contributed by atoms with van der Waals surface area (Å²) in [5, 5.41) is 9.19. The van der Waals surface area contributed by atoms with Crippen molar-refractivity contribution in [2.45, 2.75) is 26.4 Å². The van der Waals surface area contributed by atoms with Crippen LogP contribution in [0.3, 0.4) is 0 Å². The quantitative estimate of drug-likeness (QED) is 0.770. The molecule has 0 aliphatic rings. The second-order valence-corrected chi connectivity index (χ2v) is 3.36. The molecule has 1 N–H and O–H groups in total. The lowest BCUT2D eigenvalue weighted by Crippen LogP contribution is -2.04. The van der Waals surface area contributed by atoms with Gasteiger partial charge in [0.15, 0.2) is 0 Å². The first-order chi connectivity index (χ1) is 6.13. The van der Waals surface area contributed by atoms with Crippen LogP contribution in [0.5, 0.6) is 5.75 Å². The Kier molecular flexibility index (Phi) is 3.32. The van der Waals surface area contributed by atoms with E-state index in [1.54, 1.807) is 14.0 Å². The van der Waals surface area contributed by atoms with Crippen LogP contribution in [-0.2, 0) is 6.42 Å². The van der Waals surface area contributed by atoms with Crippen molar-refractivity contribution in [3.8, 4) is 5.75 Å². The first-order valence-corrected chi connectivity index (χ1v) is 4.45. The molecule has 2 heteroatoms. The average molecular weight is 180 g/mol. The zero-order chi connectivity index (χ0) is 9.84. The molecular weight excluding hydrogens is 164 g/mol. The highest BCUT2D eigenvalue weighted by atomic mass is 16.5. The number of hydrogen-bond donors (Lipinski definition) is 1. The monoisotopic (exact) mass is 180 g/mol. The van der Waals surface area contributed by atoms with Crippen molar-refractivity contribution >= 4 is 0 Å². The Morgan fingerprint density at radius 2 is 2.15 bits per heavy atom. The van der Waals surface area contributed by atoms with E-state index >= 15 is 0 Å². The van der Waals surface area contributed by atoms with E-state index in [1.165, 1.54) is 0 Å². The van der Waals surface area contributed by atoms with Crippen LogP contribution in [0.15, 0.2) is 18.2 Å². The third-order valence-electron chi connectivity index (χ3n) is 1.99. The van der Waals surface area contributed by atoms with E-state index in [0.717, 1.165) is 16.9 Å². The number of rotatable bonds is 3. The van der Waals surface area contributed by atoms with E-state index in [4.69, 9.17) is 4.74 Å². The zero-order valence-corrected chi connectivity index (χ0v) is 8.37. The maximum Gasteiger partial charge on any atom is 0.121 e. The molecule has 2 nitrogen and oxygen atoms in total. The fraction of sp³-hybridized carbons (Fsp3) is 0.455. The molecule has 0 fully saturated rings. The lowest BCUT2D eigenvalue weighted by molar-refractivity contribution is 0.195. The fourth-order valence-electron chi connectivity index (χ4n) is 1.41. The van der Waals surface area contributed by atoms with Crippen LogP contribution in [0.2, 0.25) is 0 Å². The van der Waals surface area contributed by atoms with Gasteiger partial charge in [-0.25, -0.2) is 0 Å². The van der Waals surface area contributed by atoms with Crippen LogP contribution < -0.4 is 4.74 Å². The minimum atomic E-state index is -0.284. The molecule has 13 heavy (non-hydrogen) atoms. The predicted octanol–water partition coefficient (Wildman–Crippen LogP) is 1.93. The highest BCUT2D eigenvalue weighted by molar-refractivity contribution is 5.36. The van der Waals surface area contributed by atoms with E-state index in [0.29, 0.717) is 6.42 Å². The first kappa shape index (κ1) is 10.1. The zero-order valence-electron chi connectivity index (χ0n) is 8.37. The Balaban J connectivity index is 2.83. The molecule has 0 radical (unpaired) electrons. The molecular formula is C11H16O2. The summed E-state index contributed by atoms with van der Waals surface area (Å²) in [5.74, 6) is 0.898. The van der Waals surface area contributed by atoms with E-state index in [-0.39, 0.29) is 6.10 Å². The largest absolute Gasteiger partial charge is 0.496 e. The van der Waals surface area contributed by atoms with E-state index < -0.39 is 0 Å². The van der Waals surface area contributed by atoms with Crippen molar-refractivity contribution < 1.29 is 9.84 Å². The third-order valence-corrected chi connectivity index (χ3v) is 1.99. The topological polar surface area (TPSA) is 29.5 Å². The maximum absolute atomic E-state index is 9.19. The SMILES string of the molecule is COc1ccc(CC(C)O)cc1C. The maximum atomic E-state index is 9.19. The molecule has 0 bridgehead atoms. The molecule has 0 spiro atoms. The predicted molar refractivity (Wildman–Crippen MR) is 53.1 cm³/mol. The summed E-state index contributed by atoms with van der Waals surface area (Å²) in [4.78, 5) is 0. The van der Waals surface area contributed by atoms with Crippen molar-refractivity contribution in [1.29, 1.82) is 0 Å². The summed E-state index contributed by atoms with van der Waals surface area (Å²) in [7, 11) is 1.66. The number of aryl methyl sites for hydroxylation is 1. The number of hydrogen-bond acceptors (Lipinski definition) is 2. The molecule has 1 aromatic carbocycles. The Morgan fingerprint density at radius 1 is 1.46 bits per heavy atom. The van der Waals surface area contributed by atoms with Crippen LogP contribution in [0, 0.1) is 6.92 Å². The summed E-state index contributed by atoms with van der Waals surface area (Å²) < 4.78 is 5.14. The Hall–Kier alpha value is -1.02. The number of benzene rings is 1. The van der Waals surface area contributed by atoms with E-state index in [1.807, 2.05) is 25.1 Å². The normalized spacial score (nSPS) is 12.6. The summed E-state index contributed by atoms with van der Waals surface area (Å²) in [6.07, 6.45) is 0.415. The van der Waals surface area contributed by atoms with Crippen LogP contribution in [0.4, 0.5) is 0 Å². The molecule has 72 valence electrons. The minimum Gasteiger partial charge on any atom is -0.496 e. The van der Waals surface area contributed by atoms with Crippen LogP contribution in [0.1, 0.15) is 18.1 Å². The average Bonchev–Trinajstić information content (AvgIpc) is 2.03. The number of ether oxygens (including phenoxy) is 1. The number of aliphatic hydroxyl groups excluding tert-OH is 1. The van der Waals surface area contributed by atoms with Crippen molar-refractivity contribution in [2.24, 2.45) is 0 Å². The van der Waals surface area contributed by atoms with Crippen molar-refractivity contribution in [3.63, 3.8) is 0 Å². The molecule has 0 aromatic heterocycles. The van der Waals surface area contributed by atoms with Gasteiger partial charge in [-0.05, 0) is 37.5 Å². The summed E-state index contributed by atoms with van der Waals surface area (Å²) in [6, 6.07) is 5.97. The molecule has 1 unspecified atom stereocenters. The van der Waals surface area contributed by atoms with Crippen LogP contribution in [0.25, 0.3) is 0 Å². The Bertz CT molecular complexity index is 279. The van der Waals surface area contributed by atoms with E-state index in [2.05, 4.69) is 0 Å². The first-order valence-electron chi connectivity index (χ1n) is 4.45. The molecule has 0 saturated heterocycles. The van der Waals surface area contributed by atoms with Gasteiger partial charge in [0.25, 0.3) is 0 Å². The molecule has 0 heterocycles. The van der Waals surface area contributed by atoms with Gasteiger partial charge in [-0.1, -0.05) is 12.1 Å². The van der Waals surface area contributed by atoms with Gasteiger partial charge in [-0.3, -0.25) is 0 Å². The van der Waals surface area contributed by atoms with Gasteiger partial charge in [0.1, 0.15) is 5.75 Å². The molecule has 1 aromatic rings. The molecule has 0 saturated carbocycles. The summed E-state index contributed by atoms with van der Waals surface area (Å²) >= 11 is 0. The minimum absolute atomic E-state index is 0.284. The summed E-state index contributed by atoms with van der Waals surface area (Å²) in [6.45, 7) is 3.80. The molecule has 0 amide bonds. The van der Waals surface area contributed by atoms with Gasteiger partial charge in [-0.2, -0.15) is 0 Å². The van der Waals surface area contributed by atoms with Gasteiger partial charge in [0.2, 0.25) is 0 Å². The fourth-order valence-corrected chi connectivity index (χ4v) is 1.41. The van der Waals surface area contributed by atoms with Crippen molar-refractivity contribution in [1.82, 2.24) is 0 Å². The van der Waals surface area contributed by atoms with Gasteiger partial charge in [0.05, 0.1) is 13.2 Å². The molecule has 0 aliphatic heterocycles. The third kappa shape index (κ3) is 2.74. The van der Waals surface area contributed by atoms with Crippen molar-refractivity contribution in [3.05, 3.63) is 29.3 Å². The molecule has 0 aliphatic carbocycles. The van der Waals surface area contributed by atoms with Gasteiger partial charge in [-0.15, -0.1) is 0 Å². The van der Waals surface area contributed by atoms with Gasteiger partial charge >= 0.3 is 0 Å². The number of aliphatic hydroxyl groups is 1. The van der Waals surface area contributed by atoms with Crippen LogP contribution in [-0.4, -0.2) is 18.3 Å². The molecule has 1 rings (SSSR count). The van der Waals surface area contributed by atoms with E-state index in [9.17, 15) is 5.11 Å². The number of methoxy groups -OCH3 is 1. The highest BCUT2D eigenvalue weighted by Crippen LogP contribution is 2.19. The summed E-state index contributed by atoms with van der Waals surface area (Å²) in [5.41, 5.74) is 2.26. The van der Waals surface area contributed by atoms with Crippen molar-refractivity contribution in [2.75, 3.05) is 7.11 Å². The smallest absolute Gasteiger partial charge is 0.121 e. The Labute approximate surface area is 79.2 Å². The Morgan fingerprint density at radius 3 is 2.62 bits per heavy atom. The van der Waals surface area contributed by atoms with Gasteiger partial charge in [0, 0.05) is 0 Å². The van der Waals surface area contributed by atoms with Crippen LogP contribution >= 0.6 is 0 Å². The lowest BCUT2D eigenvalue weighted by atomic mass is 10.1. The molecule has 1 atom stereocenters. The highest BCUT2D eigenvalue weighted by Gasteiger charge is 2.02. The second kappa shape index (κ2) is 4.28. The van der Waals surface area contributed by atoms with Gasteiger partial charge < -0.3 is 9.84 Å². The lowest BCUT2D eigenvalue weighted by Gasteiger charge is -2.08. The standard InChI is InChI=1S/C11H16O2/c1-8-6-10(7-9(2)12)4-5-11(8)13-3/h4-6,9,12H,7H2,1-3H3.